The number of esters is 1. The lowest BCUT2D eigenvalue weighted by molar-refractivity contribution is -0.152. The number of hydrogen-bond donors (Lipinski definition) is 3. The van der Waals surface area contributed by atoms with Crippen LogP contribution < -0.4 is 10.6 Å². The molecule has 0 saturated carbocycles. The van der Waals surface area contributed by atoms with Crippen LogP contribution in [0.1, 0.15) is 79.1 Å². The summed E-state index contributed by atoms with van der Waals surface area (Å²) in [4.78, 5) is 47.0. The molecule has 0 heterocycles. The Balaban J connectivity index is 4.05. The number of thioether (sulfide) groups is 1. The van der Waals surface area contributed by atoms with E-state index in [0.717, 1.165) is 43.9 Å². The minimum Gasteiger partial charge on any atom is -0.465 e. The van der Waals surface area contributed by atoms with Crippen LogP contribution in [0, 0.1) is 5.41 Å². The first kappa shape index (κ1) is 39.8. The lowest BCUT2D eigenvalue weighted by Crippen LogP contribution is -2.47. The number of ether oxygens (including phenoxy) is 1. The van der Waals surface area contributed by atoms with E-state index in [2.05, 4.69) is 72.2 Å². The normalized spacial score (nSPS) is 13.2. The summed E-state index contributed by atoms with van der Waals surface area (Å²) in [5, 5.41) is 15.6. The van der Waals surface area contributed by atoms with E-state index in [1.165, 1.54) is 6.92 Å². The van der Waals surface area contributed by atoms with Gasteiger partial charge in [-0.2, -0.15) is 0 Å². The SMILES string of the molecule is CCC=CCC=CCC=CCC=CCC=CCC=CCC(=O)OCC(C)(C)[C@@H](O)C(=O)NCCC(=O)NCCSC(C)=O. The molecule has 0 aliphatic carbocycles. The molecular weight excluding hydrogens is 564 g/mol. The van der Waals surface area contributed by atoms with Gasteiger partial charge in [-0.05, 0) is 38.5 Å². The van der Waals surface area contributed by atoms with Gasteiger partial charge in [-0.15, -0.1) is 0 Å². The Kier molecular flexibility index (Phi) is 24.5. The first-order chi connectivity index (χ1) is 20.6. The van der Waals surface area contributed by atoms with Crippen molar-refractivity contribution in [3.63, 3.8) is 0 Å². The number of hydrogen-bond acceptors (Lipinski definition) is 7. The number of aliphatic hydroxyl groups excluding tert-OH is 1. The molecule has 2 amide bonds. The molecule has 0 aliphatic rings. The number of nitrogens with one attached hydrogen (secondary N) is 2. The van der Waals surface area contributed by atoms with Crippen molar-refractivity contribution >= 4 is 34.7 Å². The maximum atomic E-state index is 12.3. The molecule has 1 atom stereocenters. The number of allylic oxidation sites excluding steroid dienone is 11. The number of aliphatic hydroxyl groups is 1. The Morgan fingerprint density at radius 3 is 1.74 bits per heavy atom. The van der Waals surface area contributed by atoms with Gasteiger partial charge in [0.25, 0.3) is 0 Å². The van der Waals surface area contributed by atoms with Crippen LogP contribution in [-0.2, 0) is 23.9 Å². The van der Waals surface area contributed by atoms with Crippen LogP contribution in [0.4, 0.5) is 0 Å². The highest BCUT2D eigenvalue weighted by Gasteiger charge is 2.34. The molecule has 3 N–H and O–H groups in total. The van der Waals surface area contributed by atoms with Crippen molar-refractivity contribution in [3.8, 4) is 0 Å². The van der Waals surface area contributed by atoms with Crippen LogP contribution in [0.15, 0.2) is 72.9 Å². The molecule has 0 unspecified atom stereocenters. The topological polar surface area (TPSA) is 122 Å². The summed E-state index contributed by atoms with van der Waals surface area (Å²) in [5.74, 6) is -0.862. The third kappa shape index (κ3) is 25.1. The van der Waals surface area contributed by atoms with E-state index in [1.54, 1.807) is 19.9 Å². The molecule has 0 radical (unpaired) electrons. The van der Waals surface area contributed by atoms with Crippen molar-refractivity contribution in [2.45, 2.75) is 85.2 Å². The first-order valence-corrected chi connectivity index (χ1v) is 16.0. The molecule has 240 valence electrons. The van der Waals surface area contributed by atoms with Crippen LogP contribution >= 0.6 is 11.8 Å². The Morgan fingerprint density at radius 2 is 1.26 bits per heavy atom. The molecule has 0 aromatic heterocycles. The quantitative estimate of drug-likeness (QED) is 0.0742. The van der Waals surface area contributed by atoms with E-state index in [4.69, 9.17) is 4.74 Å². The van der Waals surface area contributed by atoms with Crippen LogP contribution in [0.5, 0.6) is 0 Å². The Labute approximate surface area is 262 Å². The molecule has 8 nitrogen and oxygen atoms in total. The number of carbonyl (C=O) groups excluding carboxylic acids is 4. The summed E-state index contributed by atoms with van der Waals surface area (Å²) in [7, 11) is 0. The van der Waals surface area contributed by atoms with Gasteiger partial charge in [-0.3, -0.25) is 19.2 Å². The fourth-order valence-electron chi connectivity index (χ4n) is 3.33. The zero-order valence-corrected chi connectivity index (χ0v) is 27.2. The van der Waals surface area contributed by atoms with Gasteiger partial charge in [0.15, 0.2) is 5.12 Å². The Hall–Kier alpha value is -3.17. The highest BCUT2D eigenvalue weighted by Crippen LogP contribution is 2.21. The van der Waals surface area contributed by atoms with Crippen molar-refractivity contribution in [2.75, 3.05) is 25.4 Å². The third-order valence-corrected chi connectivity index (χ3v) is 6.67. The van der Waals surface area contributed by atoms with Gasteiger partial charge < -0.3 is 20.5 Å². The maximum absolute atomic E-state index is 12.3. The van der Waals surface area contributed by atoms with Gasteiger partial charge in [0.1, 0.15) is 6.10 Å². The van der Waals surface area contributed by atoms with Gasteiger partial charge in [-0.25, -0.2) is 0 Å². The van der Waals surface area contributed by atoms with Gasteiger partial charge >= 0.3 is 5.97 Å². The second-order valence-corrected chi connectivity index (χ2v) is 11.7. The van der Waals surface area contributed by atoms with Gasteiger partial charge in [0, 0.05) is 37.6 Å². The highest BCUT2D eigenvalue weighted by atomic mass is 32.2. The molecule has 0 spiro atoms. The van der Waals surface area contributed by atoms with E-state index in [-0.39, 0.29) is 37.0 Å². The van der Waals surface area contributed by atoms with Crippen molar-refractivity contribution < 1.29 is 29.0 Å². The second-order valence-electron chi connectivity index (χ2n) is 10.4. The standard InChI is InChI=1S/C34H52N2O6S/c1-5-6-7-8-9-10-11-12-13-14-15-16-17-18-19-20-21-22-23-31(39)42-28-34(3,4)32(40)33(41)36-25-24-30(38)35-26-27-43-29(2)37/h6-7,9-10,12-13,15-16,18-19,21-22,32,40H,5,8,11,14,17,20,23-28H2,1-4H3,(H,35,38)(H,36,41)/t32-/m0/s1. The Morgan fingerprint density at radius 1 is 0.767 bits per heavy atom. The predicted octanol–water partition coefficient (Wildman–Crippen LogP) is 5.91. The lowest BCUT2D eigenvalue weighted by Gasteiger charge is -2.28. The van der Waals surface area contributed by atoms with Crippen molar-refractivity contribution in [2.24, 2.45) is 5.41 Å². The fourth-order valence-corrected chi connectivity index (χ4v) is 3.82. The zero-order valence-electron chi connectivity index (χ0n) is 26.4. The number of carbonyl (C=O) groups is 4. The Bertz CT molecular complexity index is 995. The van der Waals surface area contributed by atoms with Gasteiger partial charge in [-0.1, -0.05) is 105 Å². The molecule has 0 saturated heterocycles. The van der Waals surface area contributed by atoms with Gasteiger partial charge in [0.2, 0.25) is 11.8 Å². The number of rotatable bonds is 23. The van der Waals surface area contributed by atoms with Crippen LogP contribution in [0.2, 0.25) is 0 Å². The molecule has 9 heteroatoms. The smallest absolute Gasteiger partial charge is 0.309 e. The van der Waals surface area contributed by atoms with Crippen molar-refractivity contribution in [1.29, 1.82) is 0 Å². The zero-order chi connectivity index (χ0) is 32.2. The van der Waals surface area contributed by atoms with Crippen LogP contribution in [0.25, 0.3) is 0 Å². The van der Waals surface area contributed by atoms with Crippen LogP contribution in [-0.4, -0.2) is 59.6 Å². The molecule has 43 heavy (non-hydrogen) atoms. The van der Waals surface area contributed by atoms with Crippen LogP contribution in [0.3, 0.4) is 0 Å². The first-order valence-electron chi connectivity index (χ1n) is 15.0. The number of amides is 2. The molecule has 0 rings (SSSR count). The second kappa shape index (κ2) is 26.5. The highest BCUT2D eigenvalue weighted by molar-refractivity contribution is 8.13. The van der Waals surface area contributed by atoms with E-state index < -0.39 is 23.4 Å². The largest absolute Gasteiger partial charge is 0.465 e. The monoisotopic (exact) mass is 616 g/mol. The summed E-state index contributed by atoms with van der Waals surface area (Å²) in [6.07, 6.45) is 29.3. The molecule has 0 fully saturated rings. The maximum Gasteiger partial charge on any atom is 0.309 e. The summed E-state index contributed by atoms with van der Waals surface area (Å²) >= 11 is 1.12. The molecule has 0 aromatic carbocycles. The van der Waals surface area contributed by atoms with Crippen molar-refractivity contribution in [3.05, 3.63) is 72.9 Å². The fraction of sp³-hybridized carbons (Fsp3) is 0.529. The minimum absolute atomic E-state index is 0.0162. The summed E-state index contributed by atoms with van der Waals surface area (Å²) < 4.78 is 5.27. The average molecular weight is 617 g/mol. The summed E-state index contributed by atoms with van der Waals surface area (Å²) in [6.45, 7) is 7.13. The van der Waals surface area contributed by atoms with E-state index in [1.807, 2.05) is 12.2 Å². The molecule has 0 aromatic rings. The molecular formula is C34H52N2O6S. The van der Waals surface area contributed by atoms with E-state index in [9.17, 15) is 24.3 Å². The lowest BCUT2D eigenvalue weighted by atomic mass is 9.87. The van der Waals surface area contributed by atoms with E-state index in [0.29, 0.717) is 18.7 Å². The van der Waals surface area contributed by atoms with E-state index >= 15 is 0 Å². The minimum atomic E-state index is -1.42. The summed E-state index contributed by atoms with van der Waals surface area (Å²) in [6, 6.07) is 0. The summed E-state index contributed by atoms with van der Waals surface area (Å²) in [5.41, 5.74) is -1.01. The molecule has 0 bridgehead atoms. The van der Waals surface area contributed by atoms with Gasteiger partial charge in [0.05, 0.1) is 13.0 Å². The van der Waals surface area contributed by atoms with Crippen molar-refractivity contribution in [1.82, 2.24) is 10.6 Å². The average Bonchev–Trinajstić information content (AvgIpc) is 2.97. The third-order valence-electron chi connectivity index (χ3n) is 5.86. The molecule has 0 aliphatic heterocycles. The predicted molar refractivity (Wildman–Crippen MR) is 177 cm³/mol.